The monoisotopic (exact) mass is 329 g/mol. The van der Waals surface area contributed by atoms with Gasteiger partial charge in [0.15, 0.2) is 11.4 Å². The SMILES string of the molecule is CN(CC1CCCCC1O)C(=O)c1nn(-c2ccccc2)cc1O. The third-order valence-corrected chi connectivity index (χ3v) is 4.64. The Bertz CT molecular complexity index is 699. The minimum atomic E-state index is -0.357. The van der Waals surface area contributed by atoms with E-state index in [1.807, 2.05) is 30.3 Å². The van der Waals surface area contributed by atoms with Gasteiger partial charge >= 0.3 is 0 Å². The molecular formula is C18H23N3O3. The van der Waals surface area contributed by atoms with E-state index in [4.69, 9.17) is 0 Å². The Kier molecular flexibility index (Phi) is 4.85. The van der Waals surface area contributed by atoms with E-state index >= 15 is 0 Å². The van der Waals surface area contributed by atoms with Crippen LogP contribution in [0.25, 0.3) is 5.69 Å². The summed E-state index contributed by atoms with van der Waals surface area (Å²) in [5.41, 5.74) is 0.809. The number of nitrogens with zero attached hydrogens (tertiary/aromatic N) is 3. The number of rotatable bonds is 4. The molecule has 1 aliphatic rings. The third-order valence-electron chi connectivity index (χ3n) is 4.64. The van der Waals surface area contributed by atoms with Crippen molar-refractivity contribution >= 4 is 5.91 Å². The lowest BCUT2D eigenvalue weighted by Crippen LogP contribution is -2.38. The minimum Gasteiger partial charge on any atom is -0.504 e. The molecule has 1 aliphatic carbocycles. The lowest BCUT2D eigenvalue weighted by molar-refractivity contribution is 0.0447. The number of hydrogen-bond acceptors (Lipinski definition) is 4. The molecule has 1 amide bonds. The molecule has 24 heavy (non-hydrogen) atoms. The van der Waals surface area contributed by atoms with Gasteiger partial charge in [-0.2, -0.15) is 5.10 Å². The molecule has 2 atom stereocenters. The highest BCUT2D eigenvalue weighted by molar-refractivity contribution is 5.94. The maximum absolute atomic E-state index is 12.6. The molecular weight excluding hydrogens is 306 g/mol. The summed E-state index contributed by atoms with van der Waals surface area (Å²) in [5.74, 6) is -0.383. The van der Waals surface area contributed by atoms with E-state index in [0.29, 0.717) is 6.54 Å². The van der Waals surface area contributed by atoms with E-state index in [1.54, 1.807) is 7.05 Å². The van der Waals surface area contributed by atoms with Gasteiger partial charge in [-0.25, -0.2) is 4.68 Å². The van der Waals surface area contributed by atoms with Crippen LogP contribution in [-0.2, 0) is 0 Å². The predicted molar refractivity (Wildman–Crippen MR) is 90.2 cm³/mol. The van der Waals surface area contributed by atoms with Crippen LogP contribution in [0, 0.1) is 5.92 Å². The smallest absolute Gasteiger partial charge is 0.277 e. The van der Waals surface area contributed by atoms with E-state index in [9.17, 15) is 15.0 Å². The van der Waals surface area contributed by atoms with Crippen molar-refractivity contribution in [2.24, 2.45) is 5.92 Å². The Balaban J connectivity index is 1.73. The van der Waals surface area contributed by atoms with Gasteiger partial charge in [-0.05, 0) is 25.0 Å². The van der Waals surface area contributed by atoms with Gasteiger partial charge in [-0.15, -0.1) is 0 Å². The van der Waals surface area contributed by atoms with Crippen molar-refractivity contribution in [1.82, 2.24) is 14.7 Å². The zero-order valence-electron chi connectivity index (χ0n) is 13.8. The maximum atomic E-state index is 12.6. The van der Waals surface area contributed by atoms with Gasteiger partial charge in [0.2, 0.25) is 0 Å². The molecule has 0 bridgehead atoms. The second-order valence-electron chi connectivity index (χ2n) is 6.44. The fraction of sp³-hybridized carbons (Fsp3) is 0.444. The molecule has 6 nitrogen and oxygen atoms in total. The first kappa shape index (κ1) is 16.5. The first-order chi connectivity index (χ1) is 11.6. The van der Waals surface area contributed by atoms with Crippen molar-refractivity contribution in [3.8, 4) is 11.4 Å². The minimum absolute atomic E-state index is 0.0339. The number of aliphatic hydroxyl groups is 1. The number of carbonyl (C=O) groups excluding carboxylic acids is 1. The Morgan fingerprint density at radius 3 is 2.71 bits per heavy atom. The Morgan fingerprint density at radius 1 is 1.29 bits per heavy atom. The first-order valence-electron chi connectivity index (χ1n) is 8.34. The molecule has 1 aromatic heterocycles. The molecule has 2 N–H and O–H groups in total. The summed E-state index contributed by atoms with van der Waals surface area (Å²) >= 11 is 0. The highest BCUT2D eigenvalue weighted by Crippen LogP contribution is 2.26. The largest absolute Gasteiger partial charge is 0.504 e. The number of aromatic nitrogens is 2. The normalized spacial score (nSPS) is 20.8. The lowest BCUT2D eigenvalue weighted by atomic mass is 9.86. The fourth-order valence-corrected chi connectivity index (χ4v) is 3.25. The van der Waals surface area contributed by atoms with E-state index < -0.39 is 0 Å². The van der Waals surface area contributed by atoms with Crippen LogP contribution in [0.1, 0.15) is 36.2 Å². The van der Waals surface area contributed by atoms with Gasteiger partial charge in [-0.1, -0.05) is 31.0 Å². The van der Waals surface area contributed by atoms with Crippen molar-refractivity contribution in [2.75, 3.05) is 13.6 Å². The number of amides is 1. The van der Waals surface area contributed by atoms with E-state index in [-0.39, 0.29) is 29.4 Å². The van der Waals surface area contributed by atoms with E-state index in [1.165, 1.54) is 15.8 Å². The Hall–Kier alpha value is -2.34. The average Bonchev–Trinajstić information content (AvgIpc) is 2.99. The van der Waals surface area contributed by atoms with Gasteiger partial charge in [0.1, 0.15) is 0 Å². The second-order valence-corrected chi connectivity index (χ2v) is 6.44. The molecule has 1 saturated carbocycles. The quantitative estimate of drug-likeness (QED) is 0.901. The molecule has 0 saturated heterocycles. The van der Waals surface area contributed by atoms with Crippen LogP contribution in [0.15, 0.2) is 36.5 Å². The van der Waals surface area contributed by atoms with Gasteiger partial charge in [0, 0.05) is 19.5 Å². The number of carbonyl (C=O) groups is 1. The zero-order chi connectivity index (χ0) is 17.1. The van der Waals surface area contributed by atoms with Crippen LogP contribution in [-0.4, -0.2) is 50.5 Å². The van der Waals surface area contributed by atoms with E-state index in [2.05, 4.69) is 5.10 Å². The number of hydrogen-bond donors (Lipinski definition) is 2. The van der Waals surface area contributed by atoms with Crippen molar-refractivity contribution in [3.63, 3.8) is 0 Å². The van der Waals surface area contributed by atoms with Gasteiger partial charge in [0.25, 0.3) is 5.91 Å². The molecule has 1 heterocycles. The summed E-state index contributed by atoms with van der Waals surface area (Å²) in [4.78, 5) is 14.1. The second kappa shape index (κ2) is 7.05. The molecule has 2 unspecified atom stereocenters. The number of para-hydroxylation sites is 1. The molecule has 6 heteroatoms. The Labute approximate surface area is 141 Å². The van der Waals surface area contributed by atoms with Gasteiger partial charge < -0.3 is 15.1 Å². The standard InChI is InChI=1S/C18H23N3O3/c1-20(11-13-7-5-6-10-15(13)22)18(24)17-16(23)12-21(19-17)14-8-3-2-4-9-14/h2-4,8-9,12-13,15,22-23H,5-7,10-11H2,1H3. The van der Waals surface area contributed by atoms with Crippen LogP contribution >= 0.6 is 0 Å². The van der Waals surface area contributed by atoms with Crippen molar-refractivity contribution in [3.05, 3.63) is 42.2 Å². The summed E-state index contributed by atoms with van der Waals surface area (Å²) < 4.78 is 1.49. The predicted octanol–water partition coefficient (Wildman–Crippen LogP) is 2.20. The summed E-state index contributed by atoms with van der Waals surface area (Å²) in [6.45, 7) is 0.470. The highest BCUT2D eigenvalue weighted by Gasteiger charge is 2.28. The van der Waals surface area contributed by atoms with Crippen molar-refractivity contribution in [2.45, 2.75) is 31.8 Å². The third kappa shape index (κ3) is 3.43. The molecule has 0 radical (unpaired) electrons. The lowest BCUT2D eigenvalue weighted by Gasteiger charge is -2.30. The Morgan fingerprint density at radius 2 is 2.00 bits per heavy atom. The summed E-state index contributed by atoms with van der Waals surface area (Å²) in [5, 5.41) is 24.4. The van der Waals surface area contributed by atoms with Crippen LogP contribution in [0.2, 0.25) is 0 Å². The average molecular weight is 329 g/mol. The molecule has 0 spiro atoms. The molecule has 0 aliphatic heterocycles. The molecule has 128 valence electrons. The summed E-state index contributed by atoms with van der Waals surface area (Å²) in [6.07, 6.45) is 4.91. The molecule has 1 fully saturated rings. The van der Waals surface area contributed by atoms with Crippen molar-refractivity contribution in [1.29, 1.82) is 0 Å². The summed E-state index contributed by atoms with van der Waals surface area (Å²) in [7, 11) is 1.69. The number of aliphatic hydroxyl groups excluding tert-OH is 1. The van der Waals surface area contributed by atoms with Crippen LogP contribution < -0.4 is 0 Å². The van der Waals surface area contributed by atoms with Crippen LogP contribution in [0.3, 0.4) is 0 Å². The van der Waals surface area contributed by atoms with Crippen LogP contribution in [0.5, 0.6) is 5.75 Å². The molecule has 1 aromatic carbocycles. The highest BCUT2D eigenvalue weighted by atomic mass is 16.3. The topological polar surface area (TPSA) is 78.6 Å². The zero-order valence-corrected chi connectivity index (χ0v) is 13.8. The number of aromatic hydroxyl groups is 1. The fourth-order valence-electron chi connectivity index (χ4n) is 3.25. The first-order valence-corrected chi connectivity index (χ1v) is 8.34. The van der Waals surface area contributed by atoms with Crippen molar-refractivity contribution < 1.29 is 15.0 Å². The summed E-state index contributed by atoms with van der Waals surface area (Å²) in [6, 6.07) is 9.33. The maximum Gasteiger partial charge on any atom is 0.277 e. The van der Waals surface area contributed by atoms with Crippen LogP contribution in [0.4, 0.5) is 0 Å². The number of benzene rings is 1. The molecule has 3 rings (SSSR count). The van der Waals surface area contributed by atoms with Gasteiger partial charge in [0.05, 0.1) is 18.0 Å². The molecule has 2 aromatic rings. The van der Waals surface area contributed by atoms with Gasteiger partial charge in [-0.3, -0.25) is 4.79 Å². The van der Waals surface area contributed by atoms with E-state index in [0.717, 1.165) is 31.4 Å².